The zero-order valence-electron chi connectivity index (χ0n) is 10.1. The Labute approximate surface area is 105 Å². The molecular formula is C13H19NO2S. The first-order chi connectivity index (χ1) is 8.20. The van der Waals surface area contributed by atoms with Crippen LogP contribution in [0.2, 0.25) is 0 Å². The molecule has 1 aromatic rings. The van der Waals surface area contributed by atoms with E-state index in [-0.39, 0.29) is 11.4 Å². The van der Waals surface area contributed by atoms with Crippen molar-refractivity contribution in [3.05, 3.63) is 29.8 Å². The summed E-state index contributed by atoms with van der Waals surface area (Å²) in [6.45, 7) is 2.59. The normalized spacial score (nSPS) is 21.6. The van der Waals surface area contributed by atoms with E-state index in [2.05, 4.69) is 6.07 Å². The van der Waals surface area contributed by atoms with Crippen molar-refractivity contribution in [3.63, 3.8) is 0 Å². The van der Waals surface area contributed by atoms with Crippen molar-refractivity contribution < 1.29 is 8.95 Å². The molecule has 1 aliphatic heterocycles. The topological polar surface area (TPSA) is 52.3 Å². The molecule has 0 amide bonds. The highest BCUT2D eigenvalue weighted by atomic mass is 32.2. The summed E-state index contributed by atoms with van der Waals surface area (Å²) in [6.07, 6.45) is 1.75. The molecule has 1 aliphatic rings. The van der Waals surface area contributed by atoms with E-state index in [9.17, 15) is 4.21 Å². The van der Waals surface area contributed by atoms with Gasteiger partial charge in [0.05, 0.1) is 5.75 Å². The highest BCUT2D eigenvalue weighted by Crippen LogP contribution is 2.28. The van der Waals surface area contributed by atoms with Gasteiger partial charge in [0.1, 0.15) is 11.9 Å². The van der Waals surface area contributed by atoms with E-state index >= 15 is 0 Å². The van der Waals surface area contributed by atoms with Crippen molar-refractivity contribution in [2.75, 3.05) is 12.3 Å². The fraction of sp³-hybridized carbons (Fsp3) is 0.538. The predicted octanol–water partition coefficient (Wildman–Crippen LogP) is 1.48. The van der Waals surface area contributed by atoms with Gasteiger partial charge in [-0.3, -0.25) is 4.21 Å². The average Bonchev–Trinajstić information content (AvgIpc) is 2.71. The third-order valence-corrected chi connectivity index (χ3v) is 4.92. The molecule has 0 saturated carbocycles. The number of rotatable bonds is 5. The maximum Gasteiger partial charge on any atom is 0.123 e. The minimum absolute atomic E-state index is 0.0634. The van der Waals surface area contributed by atoms with Crippen LogP contribution in [0, 0.1) is 0 Å². The van der Waals surface area contributed by atoms with Crippen molar-refractivity contribution in [1.82, 2.24) is 0 Å². The summed E-state index contributed by atoms with van der Waals surface area (Å²) in [5.41, 5.74) is 6.70. The number of hydrogen-bond donors (Lipinski definition) is 1. The molecule has 0 spiro atoms. The van der Waals surface area contributed by atoms with Crippen LogP contribution in [0.4, 0.5) is 0 Å². The van der Waals surface area contributed by atoms with Crippen LogP contribution >= 0.6 is 0 Å². The number of hydrogen-bond acceptors (Lipinski definition) is 3. The molecule has 0 fully saturated rings. The van der Waals surface area contributed by atoms with Gasteiger partial charge in [0, 0.05) is 22.5 Å². The molecule has 0 aromatic heterocycles. The van der Waals surface area contributed by atoms with Crippen LogP contribution in [0.5, 0.6) is 5.75 Å². The molecule has 0 bridgehead atoms. The molecule has 1 aromatic carbocycles. The van der Waals surface area contributed by atoms with Gasteiger partial charge in [0.25, 0.3) is 0 Å². The van der Waals surface area contributed by atoms with Crippen molar-refractivity contribution in [3.8, 4) is 5.75 Å². The molecular weight excluding hydrogens is 234 g/mol. The van der Waals surface area contributed by atoms with Gasteiger partial charge >= 0.3 is 0 Å². The standard InChI is InChI=1S/C13H19NO2S/c1-10(6-7-14)17(15)9-12-8-11-4-2-3-5-13(11)16-12/h2-5,10,12H,6-9,14H2,1H3. The van der Waals surface area contributed by atoms with Gasteiger partial charge in [-0.15, -0.1) is 0 Å². The van der Waals surface area contributed by atoms with Crippen molar-refractivity contribution in [1.29, 1.82) is 0 Å². The first kappa shape index (κ1) is 12.6. The minimum Gasteiger partial charge on any atom is -0.489 e. The Bertz CT molecular complexity index is 383. The van der Waals surface area contributed by atoms with Crippen LogP contribution in [0.3, 0.4) is 0 Å². The zero-order valence-corrected chi connectivity index (χ0v) is 10.9. The summed E-state index contributed by atoms with van der Waals surface area (Å²) < 4.78 is 17.8. The third-order valence-electron chi connectivity index (χ3n) is 3.09. The fourth-order valence-corrected chi connectivity index (χ4v) is 3.34. The van der Waals surface area contributed by atoms with Crippen molar-refractivity contribution in [2.45, 2.75) is 31.1 Å². The maximum atomic E-state index is 12.0. The monoisotopic (exact) mass is 253 g/mol. The van der Waals surface area contributed by atoms with E-state index in [0.717, 1.165) is 18.6 Å². The van der Waals surface area contributed by atoms with Gasteiger partial charge in [0.15, 0.2) is 0 Å². The second kappa shape index (κ2) is 5.65. The molecule has 94 valence electrons. The lowest BCUT2D eigenvalue weighted by Crippen LogP contribution is -2.27. The van der Waals surface area contributed by atoms with Gasteiger partial charge in [-0.05, 0) is 24.6 Å². The smallest absolute Gasteiger partial charge is 0.123 e. The van der Waals surface area contributed by atoms with E-state index in [1.165, 1.54) is 5.56 Å². The van der Waals surface area contributed by atoms with Gasteiger partial charge in [-0.1, -0.05) is 25.1 Å². The Hall–Kier alpha value is -0.870. The lowest BCUT2D eigenvalue weighted by atomic mass is 10.1. The summed E-state index contributed by atoms with van der Waals surface area (Å²) in [7, 11) is -0.848. The molecule has 2 N–H and O–H groups in total. The van der Waals surface area contributed by atoms with Crippen LogP contribution < -0.4 is 10.5 Å². The first-order valence-electron chi connectivity index (χ1n) is 6.02. The Balaban J connectivity index is 1.89. The summed E-state index contributed by atoms with van der Waals surface area (Å²) in [5, 5.41) is 0.160. The van der Waals surface area contributed by atoms with Gasteiger partial charge in [-0.25, -0.2) is 0 Å². The van der Waals surface area contributed by atoms with Crippen LogP contribution in [-0.2, 0) is 17.2 Å². The SMILES string of the molecule is CC(CCN)S(=O)CC1Cc2ccccc2O1. The molecule has 3 unspecified atom stereocenters. The lowest BCUT2D eigenvalue weighted by molar-refractivity contribution is 0.258. The predicted molar refractivity (Wildman–Crippen MR) is 70.7 cm³/mol. The van der Waals surface area contributed by atoms with E-state index in [0.29, 0.717) is 12.3 Å². The molecule has 2 rings (SSSR count). The molecule has 3 nitrogen and oxygen atoms in total. The van der Waals surface area contributed by atoms with Crippen LogP contribution in [-0.4, -0.2) is 27.9 Å². The van der Waals surface area contributed by atoms with E-state index in [1.807, 2.05) is 25.1 Å². The molecule has 4 heteroatoms. The van der Waals surface area contributed by atoms with Crippen molar-refractivity contribution >= 4 is 10.8 Å². The van der Waals surface area contributed by atoms with E-state index in [4.69, 9.17) is 10.5 Å². The summed E-state index contributed by atoms with van der Waals surface area (Å²) in [4.78, 5) is 0. The van der Waals surface area contributed by atoms with Crippen molar-refractivity contribution in [2.24, 2.45) is 5.73 Å². The molecule has 0 saturated heterocycles. The Morgan fingerprint density at radius 3 is 3.00 bits per heavy atom. The number of para-hydroxylation sites is 1. The average molecular weight is 253 g/mol. The molecule has 0 radical (unpaired) electrons. The van der Waals surface area contributed by atoms with Crippen LogP contribution in [0.15, 0.2) is 24.3 Å². The zero-order chi connectivity index (χ0) is 12.3. The largest absolute Gasteiger partial charge is 0.489 e. The number of ether oxygens (including phenoxy) is 1. The number of nitrogens with two attached hydrogens (primary N) is 1. The quantitative estimate of drug-likeness (QED) is 0.864. The number of benzene rings is 1. The second-order valence-corrected chi connectivity index (χ2v) is 6.39. The highest BCUT2D eigenvalue weighted by Gasteiger charge is 2.25. The van der Waals surface area contributed by atoms with Crippen LogP contribution in [0.25, 0.3) is 0 Å². The Morgan fingerprint density at radius 2 is 2.29 bits per heavy atom. The maximum absolute atomic E-state index is 12.0. The minimum atomic E-state index is -0.848. The van der Waals surface area contributed by atoms with E-state index in [1.54, 1.807) is 0 Å². The third kappa shape index (κ3) is 3.07. The molecule has 3 atom stereocenters. The highest BCUT2D eigenvalue weighted by molar-refractivity contribution is 7.85. The van der Waals surface area contributed by atoms with Gasteiger partial charge < -0.3 is 10.5 Å². The summed E-state index contributed by atoms with van der Waals surface area (Å²) >= 11 is 0. The lowest BCUT2D eigenvalue weighted by Gasteiger charge is -2.14. The summed E-state index contributed by atoms with van der Waals surface area (Å²) in [6, 6.07) is 8.02. The number of fused-ring (bicyclic) bond motifs is 1. The van der Waals surface area contributed by atoms with Crippen LogP contribution in [0.1, 0.15) is 18.9 Å². The summed E-state index contributed by atoms with van der Waals surface area (Å²) in [5.74, 6) is 1.55. The Kier molecular flexibility index (Phi) is 4.18. The molecule has 1 heterocycles. The molecule has 17 heavy (non-hydrogen) atoms. The first-order valence-corrected chi connectivity index (χ1v) is 7.40. The van der Waals surface area contributed by atoms with Gasteiger partial charge in [-0.2, -0.15) is 0 Å². The molecule has 0 aliphatic carbocycles. The second-order valence-electron chi connectivity index (χ2n) is 4.49. The van der Waals surface area contributed by atoms with E-state index < -0.39 is 10.8 Å². The fourth-order valence-electron chi connectivity index (χ4n) is 2.06. The van der Waals surface area contributed by atoms with Gasteiger partial charge in [0.2, 0.25) is 0 Å². The Morgan fingerprint density at radius 1 is 1.53 bits per heavy atom.